The van der Waals surface area contributed by atoms with Gasteiger partial charge in [0.1, 0.15) is 0 Å². The average Bonchev–Trinajstić information content (AvgIpc) is 2.49. The molecule has 0 aromatic carbocycles. The molecule has 20 heavy (non-hydrogen) atoms. The number of rotatable bonds is 4. The van der Waals surface area contributed by atoms with Crippen LogP contribution < -0.4 is 5.32 Å². The molecular weight excluding hydrogens is 254 g/mol. The van der Waals surface area contributed by atoms with Crippen LogP contribution in [0.5, 0.6) is 0 Å². The third kappa shape index (κ3) is 4.63. The Balaban J connectivity index is 1.62. The molecule has 2 fully saturated rings. The van der Waals surface area contributed by atoms with Crippen molar-refractivity contribution in [3.8, 4) is 0 Å². The van der Waals surface area contributed by atoms with E-state index in [1.54, 1.807) is 0 Å². The summed E-state index contributed by atoms with van der Waals surface area (Å²) in [5, 5.41) is 12.2. The molecule has 2 heterocycles. The predicted molar refractivity (Wildman–Crippen MR) is 79.6 cm³/mol. The highest BCUT2D eigenvalue weighted by atomic mass is 16.3. The van der Waals surface area contributed by atoms with E-state index in [9.17, 15) is 9.90 Å². The number of likely N-dealkylation sites (tertiary alicyclic amines) is 2. The number of hydrogen-bond acceptors (Lipinski definition) is 3. The molecule has 1 atom stereocenters. The maximum atomic E-state index is 12.1. The highest BCUT2D eigenvalue weighted by Gasteiger charge is 2.23. The molecule has 116 valence electrons. The predicted octanol–water partition coefficient (Wildman–Crippen LogP) is 1.13. The SMILES string of the molecule is CC1CCN(CCNC(=O)N2CCCC(CO)C2)CC1. The summed E-state index contributed by atoms with van der Waals surface area (Å²) >= 11 is 0. The Morgan fingerprint density at radius 1 is 1.25 bits per heavy atom. The van der Waals surface area contributed by atoms with E-state index in [0.717, 1.165) is 51.5 Å². The number of aliphatic hydroxyl groups excluding tert-OH is 1. The van der Waals surface area contributed by atoms with Crippen molar-refractivity contribution in [2.75, 3.05) is 45.9 Å². The highest BCUT2D eigenvalue weighted by molar-refractivity contribution is 5.74. The molecule has 0 aromatic heterocycles. The number of nitrogens with zero attached hydrogens (tertiary/aromatic N) is 2. The molecule has 0 aliphatic carbocycles. The number of piperidine rings is 2. The first-order chi connectivity index (χ1) is 9.69. The van der Waals surface area contributed by atoms with Gasteiger partial charge in [-0.2, -0.15) is 0 Å². The monoisotopic (exact) mass is 283 g/mol. The highest BCUT2D eigenvalue weighted by Crippen LogP contribution is 2.16. The normalized spacial score (nSPS) is 25.7. The number of hydrogen-bond donors (Lipinski definition) is 2. The lowest BCUT2D eigenvalue weighted by Crippen LogP contribution is -2.48. The van der Waals surface area contributed by atoms with Crippen molar-refractivity contribution in [1.29, 1.82) is 0 Å². The molecule has 2 amide bonds. The molecule has 2 N–H and O–H groups in total. The van der Waals surface area contributed by atoms with Crippen molar-refractivity contribution < 1.29 is 9.90 Å². The molecule has 5 heteroatoms. The molecule has 0 spiro atoms. The van der Waals surface area contributed by atoms with Crippen molar-refractivity contribution >= 4 is 6.03 Å². The van der Waals surface area contributed by atoms with E-state index in [0.29, 0.717) is 6.54 Å². The van der Waals surface area contributed by atoms with Gasteiger partial charge in [0.05, 0.1) is 0 Å². The number of nitrogens with one attached hydrogen (secondary N) is 1. The summed E-state index contributed by atoms with van der Waals surface area (Å²) in [6, 6.07) is 0.0357. The van der Waals surface area contributed by atoms with E-state index in [1.807, 2.05) is 4.90 Å². The summed E-state index contributed by atoms with van der Waals surface area (Å²) in [5.41, 5.74) is 0. The average molecular weight is 283 g/mol. The Labute approximate surface area is 122 Å². The van der Waals surface area contributed by atoms with Crippen molar-refractivity contribution in [1.82, 2.24) is 15.1 Å². The van der Waals surface area contributed by atoms with Gasteiger partial charge in [-0.15, -0.1) is 0 Å². The Hall–Kier alpha value is -0.810. The minimum absolute atomic E-state index is 0.0357. The molecule has 2 aliphatic heterocycles. The van der Waals surface area contributed by atoms with Gasteiger partial charge < -0.3 is 20.2 Å². The number of carbonyl (C=O) groups excluding carboxylic acids is 1. The first-order valence-electron chi connectivity index (χ1n) is 8.05. The second kappa shape index (κ2) is 7.84. The fourth-order valence-corrected chi connectivity index (χ4v) is 3.12. The summed E-state index contributed by atoms with van der Waals surface area (Å²) in [5.74, 6) is 1.11. The molecule has 0 aromatic rings. The molecule has 0 radical (unpaired) electrons. The Kier molecular flexibility index (Phi) is 6.10. The lowest BCUT2D eigenvalue weighted by molar-refractivity contribution is 0.128. The van der Waals surface area contributed by atoms with Gasteiger partial charge in [-0.05, 0) is 50.6 Å². The van der Waals surface area contributed by atoms with Gasteiger partial charge in [-0.3, -0.25) is 0 Å². The van der Waals surface area contributed by atoms with E-state index >= 15 is 0 Å². The third-order valence-corrected chi connectivity index (χ3v) is 4.64. The third-order valence-electron chi connectivity index (χ3n) is 4.64. The van der Waals surface area contributed by atoms with Crippen molar-refractivity contribution in [2.45, 2.75) is 32.6 Å². The standard InChI is InChI=1S/C15H29N3O2/c1-13-4-8-17(9-5-13)10-6-16-15(20)18-7-2-3-14(11-18)12-19/h13-14,19H,2-12H2,1H3,(H,16,20). The molecule has 2 aliphatic rings. The van der Waals surface area contributed by atoms with Crippen LogP contribution in [0.15, 0.2) is 0 Å². The number of urea groups is 1. The summed E-state index contributed by atoms with van der Waals surface area (Å²) in [6.07, 6.45) is 4.59. The molecular formula is C15H29N3O2. The Morgan fingerprint density at radius 3 is 2.70 bits per heavy atom. The van der Waals surface area contributed by atoms with Crippen LogP contribution in [0.4, 0.5) is 4.79 Å². The second-order valence-corrected chi connectivity index (χ2v) is 6.39. The maximum absolute atomic E-state index is 12.1. The van der Waals surface area contributed by atoms with E-state index in [1.165, 1.54) is 12.8 Å². The van der Waals surface area contributed by atoms with E-state index in [4.69, 9.17) is 0 Å². The van der Waals surface area contributed by atoms with Gasteiger partial charge in [0, 0.05) is 32.8 Å². The first kappa shape index (κ1) is 15.6. The van der Waals surface area contributed by atoms with E-state index < -0.39 is 0 Å². The van der Waals surface area contributed by atoms with Crippen LogP contribution >= 0.6 is 0 Å². The summed E-state index contributed by atoms with van der Waals surface area (Å²) in [6.45, 7) is 8.03. The van der Waals surface area contributed by atoms with Crippen LogP contribution in [0.1, 0.15) is 32.6 Å². The van der Waals surface area contributed by atoms with Crippen molar-refractivity contribution in [2.24, 2.45) is 11.8 Å². The van der Waals surface area contributed by atoms with Crippen molar-refractivity contribution in [3.05, 3.63) is 0 Å². The van der Waals surface area contributed by atoms with Crippen LogP contribution in [-0.4, -0.2) is 66.8 Å². The maximum Gasteiger partial charge on any atom is 0.317 e. The summed E-state index contributed by atoms with van der Waals surface area (Å²) < 4.78 is 0. The minimum Gasteiger partial charge on any atom is -0.396 e. The fraction of sp³-hybridized carbons (Fsp3) is 0.933. The summed E-state index contributed by atoms with van der Waals surface area (Å²) in [4.78, 5) is 16.4. The minimum atomic E-state index is 0.0357. The Morgan fingerprint density at radius 2 is 2.00 bits per heavy atom. The largest absolute Gasteiger partial charge is 0.396 e. The van der Waals surface area contributed by atoms with Gasteiger partial charge in [0.15, 0.2) is 0 Å². The first-order valence-corrected chi connectivity index (χ1v) is 8.05. The Bertz CT molecular complexity index is 303. The van der Waals surface area contributed by atoms with Crippen LogP contribution in [0, 0.1) is 11.8 Å². The van der Waals surface area contributed by atoms with Crippen LogP contribution in [0.2, 0.25) is 0 Å². The van der Waals surface area contributed by atoms with Gasteiger partial charge in [-0.1, -0.05) is 6.92 Å². The van der Waals surface area contributed by atoms with Crippen LogP contribution in [0.3, 0.4) is 0 Å². The lowest BCUT2D eigenvalue weighted by atomic mass is 9.99. The molecule has 2 rings (SSSR count). The molecule has 1 unspecified atom stereocenters. The molecule has 0 bridgehead atoms. The number of aliphatic hydroxyl groups is 1. The van der Waals surface area contributed by atoms with Crippen LogP contribution in [-0.2, 0) is 0 Å². The molecule has 0 saturated carbocycles. The lowest BCUT2D eigenvalue weighted by Gasteiger charge is -2.33. The fourth-order valence-electron chi connectivity index (χ4n) is 3.12. The van der Waals surface area contributed by atoms with Crippen molar-refractivity contribution in [3.63, 3.8) is 0 Å². The smallest absolute Gasteiger partial charge is 0.317 e. The van der Waals surface area contributed by atoms with Gasteiger partial charge >= 0.3 is 6.03 Å². The quantitative estimate of drug-likeness (QED) is 0.813. The zero-order chi connectivity index (χ0) is 14.4. The molecule has 2 saturated heterocycles. The molecule has 5 nitrogen and oxygen atoms in total. The van der Waals surface area contributed by atoms with Crippen LogP contribution in [0.25, 0.3) is 0 Å². The number of amides is 2. The zero-order valence-corrected chi connectivity index (χ0v) is 12.7. The van der Waals surface area contributed by atoms with E-state index in [-0.39, 0.29) is 18.6 Å². The van der Waals surface area contributed by atoms with Gasteiger partial charge in [-0.25, -0.2) is 4.79 Å². The number of carbonyl (C=O) groups is 1. The topological polar surface area (TPSA) is 55.8 Å². The van der Waals surface area contributed by atoms with Gasteiger partial charge in [0.25, 0.3) is 0 Å². The zero-order valence-electron chi connectivity index (χ0n) is 12.7. The van der Waals surface area contributed by atoms with Gasteiger partial charge in [0.2, 0.25) is 0 Å². The second-order valence-electron chi connectivity index (χ2n) is 6.39. The van der Waals surface area contributed by atoms with E-state index in [2.05, 4.69) is 17.1 Å². The summed E-state index contributed by atoms with van der Waals surface area (Å²) in [7, 11) is 0.